The minimum absolute atomic E-state index is 0.332. The van der Waals surface area contributed by atoms with Gasteiger partial charge in [-0.3, -0.25) is 4.79 Å². The molecule has 0 amide bonds. The van der Waals surface area contributed by atoms with E-state index >= 15 is 0 Å². The summed E-state index contributed by atoms with van der Waals surface area (Å²) in [5.74, 6) is -2.37. The second-order valence-corrected chi connectivity index (χ2v) is 3.44. The summed E-state index contributed by atoms with van der Waals surface area (Å²) in [6.45, 7) is 1.28. The van der Waals surface area contributed by atoms with Crippen molar-refractivity contribution in [1.82, 2.24) is 0 Å². The predicted octanol–water partition coefficient (Wildman–Crippen LogP) is 2.74. The predicted molar refractivity (Wildman–Crippen MR) is 52.0 cm³/mol. The van der Waals surface area contributed by atoms with Crippen molar-refractivity contribution < 1.29 is 18.7 Å². The van der Waals surface area contributed by atoms with Crippen molar-refractivity contribution in [1.29, 1.82) is 0 Å². The van der Waals surface area contributed by atoms with Crippen LogP contribution < -0.4 is 0 Å². The highest BCUT2D eigenvalue weighted by Crippen LogP contribution is 2.26. The van der Waals surface area contributed by atoms with Crippen LogP contribution in [0.4, 0.5) is 8.78 Å². The zero-order chi connectivity index (χ0) is 11.4. The molecule has 0 saturated carbocycles. The number of aliphatic carboxylic acids is 1. The van der Waals surface area contributed by atoms with E-state index in [1.807, 2.05) is 0 Å². The molecule has 0 aliphatic heterocycles. The van der Waals surface area contributed by atoms with Gasteiger partial charge in [0, 0.05) is 5.92 Å². The van der Waals surface area contributed by atoms with Gasteiger partial charge in [-0.25, -0.2) is 8.78 Å². The average molecular weight is 214 g/mol. The van der Waals surface area contributed by atoms with Gasteiger partial charge < -0.3 is 5.11 Å². The number of carbonyl (C=O) groups is 1. The third-order valence-electron chi connectivity index (χ3n) is 2.23. The molecule has 2 atom stereocenters. The van der Waals surface area contributed by atoms with Crippen LogP contribution in [0.25, 0.3) is 0 Å². The monoisotopic (exact) mass is 214 g/mol. The Kier molecular flexibility index (Phi) is 3.77. The van der Waals surface area contributed by atoms with E-state index < -0.39 is 23.9 Å². The molecule has 0 spiro atoms. The normalized spacial score (nSPS) is 14.6. The molecule has 0 aliphatic rings. The second-order valence-electron chi connectivity index (χ2n) is 3.44. The minimum Gasteiger partial charge on any atom is -0.481 e. The maximum atomic E-state index is 13.2. The highest BCUT2D eigenvalue weighted by Gasteiger charge is 2.22. The Labute approximate surface area is 86.5 Å². The zero-order valence-corrected chi connectivity index (χ0v) is 8.28. The second kappa shape index (κ2) is 4.87. The van der Waals surface area contributed by atoms with Gasteiger partial charge in [0.2, 0.25) is 0 Å². The van der Waals surface area contributed by atoms with E-state index in [1.54, 1.807) is 0 Å². The van der Waals surface area contributed by atoms with Crippen LogP contribution in [-0.4, -0.2) is 17.2 Å². The third kappa shape index (κ3) is 3.31. The fraction of sp³-hybridized carbons (Fsp3) is 0.364. The first-order valence-electron chi connectivity index (χ1n) is 4.62. The smallest absolute Gasteiger partial charge is 0.304 e. The van der Waals surface area contributed by atoms with Crippen LogP contribution in [0, 0.1) is 5.82 Å². The summed E-state index contributed by atoms with van der Waals surface area (Å²) >= 11 is 0. The van der Waals surface area contributed by atoms with Gasteiger partial charge in [0.15, 0.2) is 0 Å². The number of halogens is 2. The maximum absolute atomic E-state index is 13.2. The SMILES string of the molecule is CC(F)C(CC(=O)O)c1cccc(F)c1. The van der Waals surface area contributed by atoms with Gasteiger partial charge in [-0.15, -0.1) is 0 Å². The molecule has 1 aromatic rings. The number of hydrogen-bond donors (Lipinski definition) is 1. The van der Waals surface area contributed by atoms with Gasteiger partial charge >= 0.3 is 5.97 Å². The first kappa shape index (κ1) is 11.6. The summed E-state index contributed by atoms with van der Waals surface area (Å²) in [6, 6.07) is 5.39. The fourth-order valence-corrected chi connectivity index (χ4v) is 1.47. The number of alkyl halides is 1. The number of rotatable bonds is 4. The maximum Gasteiger partial charge on any atom is 0.304 e. The van der Waals surface area contributed by atoms with Gasteiger partial charge in [-0.1, -0.05) is 12.1 Å². The molecule has 0 aliphatic carbocycles. The summed E-state index contributed by atoms with van der Waals surface area (Å²) in [4.78, 5) is 10.5. The lowest BCUT2D eigenvalue weighted by atomic mass is 9.92. The summed E-state index contributed by atoms with van der Waals surface area (Å²) < 4.78 is 26.0. The average Bonchev–Trinajstić information content (AvgIpc) is 2.13. The van der Waals surface area contributed by atoms with Crippen LogP contribution in [0.15, 0.2) is 24.3 Å². The first-order chi connectivity index (χ1) is 7.00. The van der Waals surface area contributed by atoms with Crippen LogP contribution >= 0.6 is 0 Å². The molecule has 0 fully saturated rings. The molecule has 82 valence electrons. The summed E-state index contributed by atoms with van der Waals surface area (Å²) in [7, 11) is 0. The van der Waals surface area contributed by atoms with Crippen LogP contribution in [0.1, 0.15) is 24.8 Å². The molecule has 4 heteroatoms. The van der Waals surface area contributed by atoms with E-state index in [0.717, 1.165) is 0 Å². The molecule has 1 N–H and O–H groups in total. The van der Waals surface area contributed by atoms with Gasteiger partial charge in [-0.05, 0) is 24.6 Å². The molecule has 0 bridgehead atoms. The molecule has 1 rings (SSSR count). The van der Waals surface area contributed by atoms with Gasteiger partial charge in [0.1, 0.15) is 12.0 Å². The summed E-state index contributed by atoms with van der Waals surface area (Å²) in [6.07, 6.45) is -1.65. The summed E-state index contributed by atoms with van der Waals surface area (Å²) in [5, 5.41) is 8.60. The van der Waals surface area contributed by atoms with Crippen molar-refractivity contribution >= 4 is 5.97 Å². The Morgan fingerprint density at radius 1 is 1.53 bits per heavy atom. The molecular weight excluding hydrogens is 202 g/mol. The van der Waals surface area contributed by atoms with Crippen molar-refractivity contribution in [3.8, 4) is 0 Å². The Morgan fingerprint density at radius 3 is 2.67 bits per heavy atom. The van der Waals surface area contributed by atoms with E-state index in [2.05, 4.69) is 0 Å². The lowest BCUT2D eigenvalue weighted by Crippen LogP contribution is -2.15. The van der Waals surface area contributed by atoms with Crippen molar-refractivity contribution in [3.63, 3.8) is 0 Å². The van der Waals surface area contributed by atoms with Gasteiger partial charge in [0.05, 0.1) is 6.42 Å². The highest BCUT2D eigenvalue weighted by molar-refractivity contribution is 5.68. The quantitative estimate of drug-likeness (QED) is 0.836. The molecule has 0 saturated heterocycles. The molecule has 15 heavy (non-hydrogen) atoms. The topological polar surface area (TPSA) is 37.3 Å². The van der Waals surface area contributed by atoms with Crippen LogP contribution in [0.5, 0.6) is 0 Å². The summed E-state index contributed by atoms with van der Waals surface area (Å²) in [5.41, 5.74) is 0.382. The molecule has 2 unspecified atom stereocenters. The molecule has 0 heterocycles. The first-order valence-corrected chi connectivity index (χ1v) is 4.62. The Hall–Kier alpha value is -1.45. The van der Waals surface area contributed by atoms with Crippen LogP contribution in [-0.2, 0) is 4.79 Å². The number of carboxylic acids is 1. The van der Waals surface area contributed by atoms with Gasteiger partial charge in [0.25, 0.3) is 0 Å². The van der Waals surface area contributed by atoms with Crippen molar-refractivity contribution in [2.45, 2.75) is 25.4 Å². The van der Waals surface area contributed by atoms with E-state index in [0.29, 0.717) is 5.56 Å². The van der Waals surface area contributed by atoms with Crippen LogP contribution in [0.3, 0.4) is 0 Å². The largest absolute Gasteiger partial charge is 0.481 e. The van der Waals surface area contributed by atoms with E-state index in [9.17, 15) is 13.6 Å². The Bertz CT molecular complexity index is 350. The lowest BCUT2D eigenvalue weighted by molar-refractivity contribution is -0.137. The highest BCUT2D eigenvalue weighted by atomic mass is 19.1. The number of carboxylic acid groups (broad SMARTS) is 1. The standard InChI is InChI=1S/C11H12F2O2/c1-7(12)10(6-11(14)15)8-3-2-4-9(13)5-8/h2-5,7,10H,6H2,1H3,(H,14,15). The zero-order valence-electron chi connectivity index (χ0n) is 8.28. The van der Waals surface area contributed by atoms with Crippen molar-refractivity contribution in [2.75, 3.05) is 0 Å². The fourth-order valence-electron chi connectivity index (χ4n) is 1.47. The molecule has 2 nitrogen and oxygen atoms in total. The Morgan fingerprint density at radius 2 is 2.20 bits per heavy atom. The third-order valence-corrected chi connectivity index (χ3v) is 2.23. The molecular formula is C11H12F2O2. The Balaban J connectivity index is 2.93. The van der Waals surface area contributed by atoms with Crippen LogP contribution in [0.2, 0.25) is 0 Å². The van der Waals surface area contributed by atoms with Gasteiger partial charge in [-0.2, -0.15) is 0 Å². The number of benzene rings is 1. The molecule has 0 aromatic heterocycles. The lowest BCUT2D eigenvalue weighted by Gasteiger charge is -2.16. The van der Waals surface area contributed by atoms with E-state index in [4.69, 9.17) is 5.11 Å². The van der Waals surface area contributed by atoms with Crippen molar-refractivity contribution in [2.24, 2.45) is 0 Å². The molecule has 1 aromatic carbocycles. The van der Waals surface area contributed by atoms with E-state index in [1.165, 1.54) is 31.2 Å². The minimum atomic E-state index is -1.32. The molecule has 0 radical (unpaired) electrons. The van der Waals surface area contributed by atoms with Crippen molar-refractivity contribution in [3.05, 3.63) is 35.6 Å². The number of hydrogen-bond acceptors (Lipinski definition) is 1. The van der Waals surface area contributed by atoms with E-state index in [-0.39, 0.29) is 6.42 Å².